The zero-order chi connectivity index (χ0) is 20.7. The lowest BCUT2D eigenvalue weighted by Gasteiger charge is -2.12. The van der Waals surface area contributed by atoms with Crippen LogP contribution in [0.15, 0.2) is 36.4 Å². The third-order valence-corrected chi connectivity index (χ3v) is 4.13. The number of ether oxygens (including phenoxy) is 4. The number of ketones is 1. The van der Waals surface area contributed by atoms with E-state index in [1.54, 1.807) is 24.3 Å². The van der Waals surface area contributed by atoms with Gasteiger partial charge in [-0.15, -0.1) is 0 Å². The smallest absolute Gasteiger partial charge is 0.331 e. The van der Waals surface area contributed by atoms with Crippen LogP contribution in [0, 0.1) is 13.8 Å². The molecule has 0 aliphatic rings. The Bertz CT molecular complexity index is 873. The SMILES string of the molecule is COc1cc(/C=C/C(=O)OCC(=O)c2ccc(C)cc2C)cc(OC)c1OC. The summed E-state index contributed by atoms with van der Waals surface area (Å²) in [5, 5.41) is 0. The Hall–Kier alpha value is -3.28. The minimum absolute atomic E-state index is 0.243. The normalized spacial score (nSPS) is 10.6. The fourth-order valence-corrected chi connectivity index (χ4v) is 2.75. The molecule has 0 unspecified atom stereocenters. The molecule has 0 aliphatic heterocycles. The fraction of sp³-hybridized carbons (Fsp3) is 0.273. The maximum atomic E-state index is 12.2. The van der Waals surface area contributed by atoms with Gasteiger partial charge in [0.2, 0.25) is 11.5 Å². The molecule has 2 rings (SSSR count). The van der Waals surface area contributed by atoms with Crippen LogP contribution in [0.3, 0.4) is 0 Å². The minimum atomic E-state index is -0.619. The average molecular weight is 384 g/mol. The molecule has 0 aliphatic carbocycles. The predicted octanol–water partition coefficient (Wildman–Crippen LogP) is 3.77. The Balaban J connectivity index is 2.04. The van der Waals surface area contributed by atoms with Gasteiger partial charge in [0.15, 0.2) is 18.1 Å². The topological polar surface area (TPSA) is 71.1 Å². The number of esters is 1. The molecular formula is C22H24O6. The molecule has 0 aromatic heterocycles. The van der Waals surface area contributed by atoms with E-state index in [0.29, 0.717) is 28.4 Å². The van der Waals surface area contributed by atoms with Crippen LogP contribution in [0.25, 0.3) is 6.08 Å². The zero-order valence-electron chi connectivity index (χ0n) is 16.7. The van der Waals surface area contributed by atoms with Gasteiger partial charge in [-0.2, -0.15) is 0 Å². The van der Waals surface area contributed by atoms with Gasteiger partial charge in [0, 0.05) is 11.6 Å². The summed E-state index contributed by atoms with van der Waals surface area (Å²) in [6.07, 6.45) is 2.80. The number of rotatable bonds is 8. The average Bonchev–Trinajstić information content (AvgIpc) is 2.69. The summed E-state index contributed by atoms with van der Waals surface area (Å²) in [6, 6.07) is 8.91. The largest absolute Gasteiger partial charge is 0.493 e. The van der Waals surface area contributed by atoms with Crippen molar-refractivity contribution in [1.29, 1.82) is 0 Å². The first kappa shape index (κ1) is 21.0. The van der Waals surface area contributed by atoms with E-state index >= 15 is 0 Å². The van der Waals surface area contributed by atoms with Gasteiger partial charge < -0.3 is 18.9 Å². The third-order valence-electron chi connectivity index (χ3n) is 4.13. The summed E-state index contributed by atoms with van der Waals surface area (Å²) in [5.74, 6) is 0.544. The van der Waals surface area contributed by atoms with Crippen LogP contribution in [-0.2, 0) is 9.53 Å². The van der Waals surface area contributed by atoms with Crippen molar-refractivity contribution in [2.24, 2.45) is 0 Å². The van der Waals surface area contributed by atoms with Crippen molar-refractivity contribution >= 4 is 17.8 Å². The molecule has 6 heteroatoms. The Labute approximate surface area is 164 Å². The number of carbonyl (C=O) groups is 2. The zero-order valence-corrected chi connectivity index (χ0v) is 16.7. The van der Waals surface area contributed by atoms with Crippen molar-refractivity contribution in [3.8, 4) is 17.2 Å². The molecule has 0 N–H and O–H groups in total. The van der Waals surface area contributed by atoms with Gasteiger partial charge in [-0.05, 0) is 43.2 Å². The maximum absolute atomic E-state index is 12.2. The number of carbonyl (C=O) groups excluding carboxylic acids is 2. The van der Waals surface area contributed by atoms with Gasteiger partial charge in [0.1, 0.15) is 0 Å². The second-order valence-electron chi connectivity index (χ2n) is 6.14. The van der Waals surface area contributed by atoms with Crippen molar-refractivity contribution < 1.29 is 28.5 Å². The molecule has 28 heavy (non-hydrogen) atoms. The second-order valence-corrected chi connectivity index (χ2v) is 6.14. The van der Waals surface area contributed by atoms with Gasteiger partial charge in [-0.3, -0.25) is 4.79 Å². The van der Waals surface area contributed by atoms with Crippen molar-refractivity contribution in [2.75, 3.05) is 27.9 Å². The van der Waals surface area contributed by atoms with Crippen LogP contribution in [0.2, 0.25) is 0 Å². The summed E-state index contributed by atoms with van der Waals surface area (Å²) in [6.45, 7) is 3.49. The number of benzene rings is 2. The van der Waals surface area contributed by atoms with Crippen LogP contribution in [0.1, 0.15) is 27.0 Å². The highest BCUT2D eigenvalue weighted by atomic mass is 16.5. The van der Waals surface area contributed by atoms with Crippen molar-refractivity contribution in [1.82, 2.24) is 0 Å². The van der Waals surface area contributed by atoms with E-state index in [0.717, 1.165) is 11.1 Å². The van der Waals surface area contributed by atoms with E-state index in [1.165, 1.54) is 27.4 Å². The molecule has 148 valence electrons. The Morgan fingerprint density at radius 1 is 0.929 bits per heavy atom. The highest BCUT2D eigenvalue weighted by molar-refractivity contribution is 6.00. The molecule has 2 aromatic rings. The minimum Gasteiger partial charge on any atom is -0.493 e. The summed E-state index contributed by atoms with van der Waals surface area (Å²) in [5.41, 5.74) is 3.13. The Morgan fingerprint density at radius 3 is 2.11 bits per heavy atom. The first-order valence-electron chi connectivity index (χ1n) is 8.65. The van der Waals surface area contributed by atoms with Gasteiger partial charge in [0.05, 0.1) is 21.3 Å². The molecule has 0 amide bonds. The van der Waals surface area contributed by atoms with E-state index in [9.17, 15) is 9.59 Å². The van der Waals surface area contributed by atoms with Gasteiger partial charge in [0.25, 0.3) is 0 Å². The highest BCUT2D eigenvalue weighted by Crippen LogP contribution is 2.38. The standard InChI is InChI=1S/C22H24O6/c1-14-6-8-17(15(2)10-14)18(23)13-28-21(24)9-7-16-11-19(25-3)22(27-5)20(12-16)26-4/h6-12H,13H2,1-5H3/b9-7+. The van der Waals surface area contributed by atoms with Crippen LogP contribution < -0.4 is 14.2 Å². The highest BCUT2D eigenvalue weighted by Gasteiger charge is 2.13. The van der Waals surface area contributed by atoms with Gasteiger partial charge >= 0.3 is 5.97 Å². The van der Waals surface area contributed by atoms with E-state index in [-0.39, 0.29) is 12.4 Å². The summed E-state index contributed by atoms with van der Waals surface area (Å²) in [4.78, 5) is 24.2. The van der Waals surface area contributed by atoms with E-state index < -0.39 is 5.97 Å². The Kier molecular flexibility index (Phi) is 7.21. The molecule has 2 aromatic carbocycles. The summed E-state index contributed by atoms with van der Waals surface area (Å²) in [7, 11) is 4.54. The van der Waals surface area contributed by atoms with Crippen molar-refractivity contribution in [2.45, 2.75) is 13.8 Å². The molecule has 0 saturated heterocycles. The lowest BCUT2D eigenvalue weighted by atomic mass is 10.0. The number of methoxy groups -OCH3 is 3. The maximum Gasteiger partial charge on any atom is 0.331 e. The fourth-order valence-electron chi connectivity index (χ4n) is 2.75. The van der Waals surface area contributed by atoms with Crippen LogP contribution in [0.5, 0.6) is 17.2 Å². The van der Waals surface area contributed by atoms with Crippen molar-refractivity contribution in [3.63, 3.8) is 0 Å². The molecule has 0 radical (unpaired) electrons. The lowest BCUT2D eigenvalue weighted by molar-refractivity contribution is -0.136. The van der Waals surface area contributed by atoms with E-state index in [1.807, 2.05) is 26.0 Å². The molecule has 0 spiro atoms. The number of Topliss-reactive ketones (excluding diaryl/α,β-unsaturated/α-hetero) is 1. The molecule has 0 heterocycles. The third kappa shape index (κ3) is 5.13. The number of hydrogen-bond acceptors (Lipinski definition) is 6. The van der Waals surface area contributed by atoms with Gasteiger partial charge in [-0.1, -0.05) is 23.8 Å². The van der Waals surface area contributed by atoms with Crippen molar-refractivity contribution in [3.05, 3.63) is 58.7 Å². The van der Waals surface area contributed by atoms with Crippen LogP contribution in [0.4, 0.5) is 0 Å². The van der Waals surface area contributed by atoms with E-state index in [2.05, 4.69) is 0 Å². The first-order valence-corrected chi connectivity index (χ1v) is 8.65. The van der Waals surface area contributed by atoms with Crippen LogP contribution >= 0.6 is 0 Å². The quantitative estimate of drug-likeness (QED) is 0.392. The monoisotopic (exact) mass is 384 g/mol. The lowest BCUT2D eigenvalue weighted by Crippen LogP contribution is -2.13. The predicted molar refractivity (Wildman–Crippen MR) is 106 cm³/mol. The number of hydrogen-bond donors (Lipinski definition) is 0. The molecular weight excluding hydrogens is 360 g/mol. The number of aryl methyl sites for hydroxylation is 2. The van der Waals surface area contributed by atoms with Gasteiger partial charge in [-0.25, -0.2) is 4.79 Å². The molecule has 0 fully saturated rings. The second kappa shape index (κ2) is 9.60. The molecule has 6 nitrogen and oxygen atoms in total. The molecule has 0 atom stereocenters. The summed E-state index contributed by atoms with van der Waals surface area (Å²) >= 11 is 0. The first-order chi connectivity index (χ1) is 13.4. The molecule has 0 saturated carbocycles. The molecule has 0 bridgehead atoms. The Morgan fingerprint density at radius 2 is 1.57 bits per heavy atom. The van der Waals surface area contributed by atoms with Crippen LogP contribution in [-0.4, -0.2) is 39.7 Å². The summed E-state index contributed by atoms with van der Waals surface area (Å²) < 4.78 is 20.9. The van der Waals surface area contributed by atoms with E-state index in [4.69, 9.17) is 18.9 Å².